The molecule has 0 atom stereocenters. The van der Waals surface area contributed by atoms with Crippen LogP contribution in [0.5, 0.6) is 0 Å². The van der Waals surface area contributed by atoms with Crippen molar-refractivity contribution in [2.24, 2.45) is 5.29 Å². The van der Waals surface area contributed by atoms with E-state index in [0.29, 0.717) is 5.01 Å². The van der Waals surface area contributed by atoms with Crippen molar-refractivity contribution in [3.8, 4) is 0 Å². The number of nitrogens with one attached hydrogen (secondary N) is 1. The summed E-state index contributed by atoms with van der Waals surface area (Å²) in [4.78, 5) is 31.2. The molecule has 0 saturated heterocycles. The van der Waals surface area contributed by atoms with Gasteiger partial charge in [0.15, 0.2) is 0 Å². The molecular formula is C6H10ClN3O4. The van der Waals surface area contributed by atoms with Crippen molar-refractivity contribution in [1.29, 1.82) is 0 Å². The van der Waals surface area contributed by atoms with Gasteiger partial charge in [0.2, 0.25) is 0 Å². The number of halogens is 1. The van der Waals surface area contributed by atoms with E-state index in [1.165, 1.54) is 0 Å². The molecule has 0 aromatic carbocycles. The van der Waals surface area contributed by atoms with Gasteiger partial charge in [0.1, 0.15) is 0 Å². The summed E-state index contributed by atoms with van der Waals surface area (Å²) in [6, 6.07) is -0.748. The van der Waals surface area contributed by atoms with E-state index in [-0.39, 0.29) is 25.4 Å². The number of carbonyl (C=O) groups excluding carboxylic acids is 1. The fourth-order valence-electron chi connectivity index (χ4n) is 0.627. The Balaban J connectivity index is 3.80. The van der Waals surface area contributed by atoms with E-state index >= 15 is 0 Å². The summed E-state index contributed by atoms with van der Waals surface area (Å²) in [5.41, 5.74) is 0. The Labute approximate surface area is 85.0 Å². The van der Waals surface area contributed by atoms with Crippen molar-refractivity contribution in [2.75, 3.05) is 19.0 Å². The molecule has 2 N–H and O–H groups in total. The number of carbonyl (C=O) groups is 2. The molecule has 0 aliphatic rings. The molecule has 0 aromatic rings. The Morgan fingerprint density at radius 2 is 2.14 bits per heavy atom. The Bertz CT molecular complexity index is 223. The van der Waals surface area contributed by atoms with E-state index in [0.717, 1.165) is 0 Å². The van der Waals surface area contributed by atoms with Gasteiger partial charge in [-0.1, -0.05) is 0 Å². The third kappa shape index (κ3) is 5.31. The Hall–Kier alpha value is -1.37. The predicted octanol–water partition coefficient (Wildman–Crippen LogP) is 0.393. The van der Waals surface area contributed by atoms with E-state index in [1.54, 1.807) is 0 Å². The fourth-order valence-corrected chi connectivity index (χ4v) is 0.787. The molecule has 14 heavy (non-hydrogen) atoms. The Kier molecular flexibility index (Phi) is 6.38. The minimum atomic E-state index is -1.03. The first-order valence-corrected chi connectivity index (χ1v) is 4.31. The zero-order valence-corrected chi connectivity index (χ0v) is 8.03. The van der Waals surface area contributed by atoms with Gasteiger partial charge < -0.3 is 10.4 Å². The molecular weight excluding hydrogens is 214 g/mol. The number of rotatable bonds is 6. The molecule has 0 spiro atoms. The second kappa shape index (κ2) is 7.07. The molecule has 0 aliphatic heterocycles. The maximum absolute atomic E-state index is 11.0. The first kappa shape index (κ1) is 12.6. The molecule has 0 rings (SSSR count). The number of urea groups is 1. The van der Waals surface area contributed by atoms with Crippen LogP contribution in [0.3, 0.4) is 0 Å². The van der Waals surface area contributed by atoms with Crippen molar-refractivity contribution in [1.82, 2.24) is 10.3 Å². The number of nitrogens with zero attached hydrogens (tertiary/aromatic N) is 2. The summed E-state index contributed by atoms with van der Waals surface area (Å²) >= 11 is 5.29. The van der Waals surface area contributed by atoms with Crippen LogP contribution in [0.15, 0.2) is 5.29 Å². The third-order valence-electron chi connectivity index (χ3n) is 1.24. The van der Waals surface area contributed by atoms with Crippen LogP contribution < -0.4 is 5.32 Å². The molecule has 2 amide bonds. The lowest BCUT2D eigenvalue weighted by molar-refractivity contribution is -0.136. The summed E-state index contributed by atoms with van der Waals surface area (Å²) in [5.74, 6) is -0.953. The van der Waals surface area contributed by atoms with Gasteiger partial charge in [-0.2, -0.15) is 5.01 Å². The standard InChI is InChI=1S/C6H10ClN3O4/c7-2-4-10(9-14)6(13)8-3-1-5(11)12/h1-4H2,(H,8,13)(H,11,12). The normalized spacial score (nSPS) is 9.21. The molecule has 7 nitrogen and oxygen atoms in total. The zero-order chi connectivity index (χ0) is 11.0. The number of hydrogen-bond donors (Lipinski definition) is 2. The van der Waals surface area contributed by atoms with Crippen LogP contribution in [-0.2, 0) is 4.79 Å². The van der Waals surface area contributed by atoms with Crippen LogP contribution in [-0.4, -0.2) is 41.1 Å². The number of carboxylic acids is 1. The molecule has 0 fully saturated rings. The first-order chi connectivity index (χ1) is 6.61. The zero-order valence-electron chi connectivity index (χ0n) is 7.27. The molecule has 80 valence electrons. The lowest BCUT2D eigenvalue weighted by Crippen LogP contribution is -2.38. The Morgan fingerprint density at radius 3 is 2.57 bits per heavy atom. The van der Waals surface area contributed by atoms with Crippen molar-refractivity contribution in [2.45, 2.75) is 6.42 Å². The highest BCUT2D eigenvalue weighted by Gasteiger charge is 2.12. The lowest BCUT2D eigenvalue weighted by Gasteiger charge is -2.11. The second-order valence-corrected chi connectivity index (χ2v) is 2.65. The lowest BCUT2D eigenvalue weighted by atomic mass is 10.4. The third-order valence-corrected chi connectivity index (χ3v) is 1.41. The van der Waals surface area contributed by atoms with Gasteiger partial charge in [-0.3, -0.25) is 4.79 Å². The summed E-state index contributed by atoms with van der Waals surface area (Å²) in [5, 5.41) is 13.5. The van der Waals surface area contributed by atoms with Gasteiger partial charge >= 0.3 is 12.0 Å². The number of hydrogen-bond acceptors (Lipinski definition) is 4. The molecule has 0 unspecified atom stereocenters. The molecule has 0 heterocycles. The van der Waals surface area contributed by atoms with Gasteiger partial charge in [-0.25, -0.2) is 4.79 Å². The van der Waals surface area contributed by atoms with Crippen molar-refractivity contribution >= 4 is 23.6 Å². The van der Waals surface area contributed by atoms with E-state index in [1.807, 2.05) is 0 Å². The minimum Gasteiger partial charge on any atom is -0.481 e. The van der Waals surface area contributed by atoms with E-state index < -0.39 is 12.0 Å². The average molecular weight is 224 g/mol. The van der Waals surface area contributed by atoms with Crippen LogP contribution in [0.2, 0.25) is 0 Å². The number of aliphatic carboxylic acids is 1. The van der Waals surface area contributed by atoms with Crippen molar-refractivity contribution in [3.63, 3.8) is 0 Å². The van der Waals surface area contributed by atoms with Crippen LogP contribution >= 0.6 is 11.6 Å². The average Bonchev–Trinajstić information content (AvgIpc) is 2.13. The van der Waals surface area contributed by atoms with E-state index in [9.17, 15) is 14.5 Å². The molecule has 0 aliphatic carbocycles. The summed E-state index contributed by atoms with van der Waals surface area (Å²) in [6.45, 7) is -0.0631. The van der Waals surface area contributed by atoms with Gasteiger partial charge in [-0.05, 0) is 0 Å². The summed E-state index contributed by atoms with van der Waals surface area (Å²) in [7, 11) is 0. The molecule has 0 bridgehead atoms. The highest BCUT2D eigenvalue weighted by molar-refractivity contribution is 6.18. The number of amides is 2. The van der Waals surface area contributed by atoms with E-state index in [4.69, 9.17) is 16.7 Å². The number of carboxylic acid groups (broad SMARTS) is 1. The Morgan fingerprint density at radius 1 is 1.50 bits per heavy atom. The smallest absolute Gasteiger partial charge is 0.340 e. The van der Waals surface area contributed by atoms with Crippen LogP contribution in [0.1, 0.15) is 6.42 Å². The highest BCUT2D eigenvalue weighted by Crippen LogP contribution is 1.91. The van der Waals surface area contributed by atoms with Gasteiger partial charge in [-0.15, -0.1) is 16.5 Å². The molecule has 0 radical (unpaired) electrons. The summed E-state index contributed by atoms with van der Waals surface area (Å²) < 4.78 is 0. The molecule has 8 heteroatoms. The van der Waals surface area contributed by atoms with Gasteiger partial charge in [0, 0.05) is 12.4 Å². The molecule has 0 saturated carbocycles. The number of alkyl halides is 1. The predicted molar refractivity (Wildman–Crippen MR) is 48.9 cm³/mol. The number of nitroso groups, excluding NO2 is 1. The fraction of sp³-hybridized carbons (Fsp3) is 0.667. The largest absolute Gasteiger partial charge is 0.481 e. The maximum Gasteiger partial charge on any atom is 0.340 e. The second-order valence-electron chi connectivity index (χ2n) is 2.27. The van der Waals surface area contributed by atoms with Gasteiger partial charge in [0.05, 0.1) is 18.3 Å². The maximum atomic E-state index is 11.0. The SMILES string of the molecule is O=NN(CCCl)C(=O)NCCC(=O)O. The van der Waals surface area contributed by atoms with Crippen molar-refractivity contribution < 1.29 is 14.7 Å². The van der Waals surface area contributed by atoms with Gasteiger partial charge in [0.25, 0.3) is 0 Å². The monoisotopic (exact) mass is 223 g/mol. The van der Waals surface area contributed by atoms with Crippen LogP contribution in [0.25, 0.3) is 0 Å². The minimum absolute atomic E-state index is 0.00996. The van der Waals surface area contributed by atoms with Crippen LogP contribution in [0.4, 0.5) is 4.79 Å². The first-order valence-electron chi connectivity index (χ1n) is 3.78. The van der Waals surface area contributed by atoms with E-state index in [2.05, 4.69) is 10.6 Å². The molecule has 0 aromatic heterocycles. The summed E-state index contributed by atoms with van der Waals surface area (Å²) in [6.07, 6.45) is -0.209. The highest BCUT2D eigenvalue weighted by atomic mass is 35.5. The van der Waals surface area contributed by atoms with Crippen LogP contribution in [0, 0.1) is 4.91 Å². The quantitative estimate of drug-likeness (QED) is 0.387. The topological polar surface area (TPSA) is 99.1 Å². The van der Waals surface area contributed by atoms with Crippen molar-refractivity contribution in [3.05, 3.63) is 4.91 Å².